The number of carboxylic acids is 1. The van der Waals surface area contributed by atoms with Crippen molar-refractivity contribution in [2.24, 2.45) is 0 Å². The van der Waals surface area contributed by atoms with Gasteiger partial charge in [0, 0.05) is 6.08 Å². The Hall–Kier alpha value is -0.840. The molecule has 1 rings (SSSR count). The lowest BCUT2D eigenvalue weighted by molar-refractivity contribution is -0.131. The standard InChI is InChI=1S/C5H6O4S/c6-5(7)1-4-2-10(8,9)3-4/h1H,2-3H2,(H,6,7). The monoisotopic (exact) mass is 162 g/mol. The second kappa shape index (κ2) is 2.09. The molecule has 0 aliphatic carbocycles. The highest BCUT2D eigenvalue weighted by Crippen LogP contribution is 2.15. The van der Waals surface area contributed by atoms with Crippen molar-refractivity contribution in [1.82, 2.24) is 0 Å². The number of aliphatic carboxylic acids is 1. The van der Waals surface area contributed by atoms with Crippen molar-refractivity contribution < 1.29 is 18.3 Å². The third kappa shape index (κ3) is 1.57. The predicted molar refractivity (Wildman–Crippen MR) is 34.4 cm³/mol. The van der Waals surface area contributed by atoms with E-state index in [1.165, 1.54) is 0 Å². The molecule has 1 aliphatic heterocycles. The molecule has 0 spiro atoms. The maximum Gasteiger partial charge on any atom is 0.328 e. The van der Waals surface area contributed by atoms with Gasteiger partial charge in [-0.3, -0.25) is 0 Å². The summed E-state index contributed by atoms with van der Waals surface area (Å²) in [5.74, 6) is -1.25. The minimum Gasteiger partial charge on any atom is -0.478 e. The fourth-order valence-electron chi connectivity index (χ4n) is 0.781. The van der Waals surface area contributed by atoms with E-state index in [0.717, 1.165) is 6.08 Å². The van der Waals surface area contributed by atoms with E-state index >= 15 is 0 Å². The number of carboxylic acid groups (broad SMARTS) is 1. The minimum absolute atomic E-state index is 0.0840. The van der Waals surface area contributed by atoms with Crippen LogP contribution in [-0.2, 0) is 14.6 Å². The normalized spacial score (nSPS) is 21.4. The first-order valence-electron chi connectivity index (χ1n) is 2.62. The summed E-state index contributed by atoms with van der Waals surface area (Å²) >= 11 is 0. The molecule has 56 valence electrons. The zero-order chi connectivity index (χ0) is 7.78. The number of hydrogen-bond donors (Lipinski definition) is 1. The SMILES string of the molecule is O=C(O)C=C1CS(=O)(=O)C1. The van der Waals surface area contributed by atoms with Crippen molar-refractivity contribution in [2.45, 2.75) is 0 Å². The van der Waals surface area contributed by atoms with Crippen molar-refractivity contribution in [2.75, 3.05) is 11.5 Å². The Labute approximate surface area is 58.1 Å². The molecule has 5 heteroatoms. The summed E-state index contributed by atoms with van der Waals surface area (Å²) in [5.41, 5.74) is 0.479. The maximum atomic E-state index is 10.4. The number of sulfone groups is 1. The van der Waals surface area contributed by atoms with E-state index in [4.69, 9.17) is 5.11 Å². The van der Waals surface area contributed by atoms with Gasteiger partial charge in [-0.15, -0.1) is 0 Å². The lowest BCUT2D eigenvalue weighted by Crippen LogP contribution is -2.28. The van der Waals surface area contributed by atoms with E-state index in [-0.39, 0.29) is 11.5 Å². The Morgan fingerprint density at radius 3 is 2.30 bits per heavy atom. The second-order valence-electron chi connectivity index (χ2n) is 2.17. The van der Waals surface area contributed by atoms with Crippen LogP contribution in [0.5, 0.6) is 0 Å². The molecule has 0 unspecified atom stereocenters. The van der Waals surface area contributed by atoms with Crippen LogP contribution in [0.2, 0.25) is 0 Å². The van der Waals surface area contributed by atoms with E-state index in [9.17, 15) is 13.2 Å². The molecule has 1 heterocycles. The maximum absolute atomic E-state index is 10.4. The third-order valence-electron chi connectivity index (χ3n) is 1.14. The predicted octanol–water partition coefficient (Wildman–Crippen LogP) is -0.574. The van der Waals surface area contributed by atoms with Crippen LogP contribution in [0.15, 0.2) is 11.6 Å². The van der Waals surface area contributed by atoms with E-state index in [2.05, 4.69) is 0 Å². The van der Waals surface area contributed by atoms with Gasteiger partial charge in [-0.2, -0.15) is 0 Å². The van der Waals surface area contributed by atoms with E-state index in [1.807, 2.05) is 0 Å². The quantitative estimate of drug-likeness (QED) is 0.524. The summed E-state index contributed by atoms with van der Waals surface area (Å²) in [5, 5.41) is 8.15. The average Bonchev–Trinajstić information content (AvgIpc) is 1.57. The molecule has 1 aliphatic rings. The summed E-state index contributed by atoms with van der Waals surface area (Å²) in [6.45, 7) is 0. The molecule has 0 aromatic heterocycles. The van der Waals surface area contributed by atoms with E-state index in [0.29, 0.717) is 5.57 Å². The molecule has 4 nitrogen and oxygen atoms in total. The molecular weight excluding hydrogens is 156 g/mol. The van der Waals surface area contributed by atoms with Crippen LogP contribution >= 0.6 is 0 Å². The van der Waals surface area contributed by atoms with Crippen molar-refractivity contribution in [3.63, 3.8) is 0 Å². The highest BCUT2D eigenvalue weighted by atomic mass is 32.2. The molecule has 0 atom stereocenters. The summed E-state index contributed by atoms with van der Waals surface area (Å²) in [6.07, 6.45) is 0.945. The van der Waals surface area contributed by atoms with Gasteiger partial charge in [0.15, 0.2) is 9.84 Å². The van der Waals surface area contributed by atoms with Crippen molar-refractivity contribution >= 4 is 15.8 Å². The highest BCUT2D eigenvalue weighted by molar-refractivity contribution is 7.93. The minimum atomic E-state index is -2.91. The van der Waals surface area contributed by atoms with Gasteiger partial charge >= 0.3 is 5.97 Å². The molecule has 10 heavy (non-hydrogen) atoms. The lowest BCUT2D eigenvalue weighted by Gasteiger charge is -2.15. The fourth-order valence-corrected chi connectivity index (χ4v) is 1.99. The Morgan fingerprint density at radius 1 is 1.50 bits per heavy atom. The Balaban J connectivity index is 2.63. The van der Waals surface area contributed by atoms with Crippen molar-refractivity contribution in [3.05, 3.63) is 11.6 Å². The first-order chi connectivity index (χ1) is 4.49. The molecule has 0 aromatic rings. The van der Waals surface area contributed by atoms with Crippen molar-refractivity contribution in [1.29, 1.82) is 0 Å². The van der Waals surface area contributed by atoms with Crippen LogP contribution in [0, 0.1) is 0 Å². The summed E-state index contributed by atoms with van der Waals surface area (Å²) in [4.78, 5) is 9.94. The second-order valence-corrected chi connectivity index (χ2v) is 4.24. The van der Waals surface area contributed by atoms with Gasteiger partial charge in [0.2, 0.25) is 0 Å². The topological polar surface area (TPSA) is 71.4 Å². The van der Waals surface area contributed by atoms with Gasteiger partial charge < -0.3 is 5.11 Å². The Bertz CT molecular complexity index is 271. The average molecular weight is 162 g/mol. The molecule has 0 saturated carbocycles. The van der Waals surface area contributed by atoms with Crippen LogP contribution in [-0.4, -0.2) is 31.0 Å². The van der Waals surface area contributed by atoms with Gasteiger partial charge in [-0.25, -0.2) is 13.2 Å². The van der Waals surface area contributed by atoms with Crippen LogP contribution in [0.3, 0.4) is 0 Å². The molecule has 1 N–H and O–H groups in total. The molecule has 0 bridgehead atoms. The van der Waals surface area contributed by atoms with Crippen LogP contribution in [0.25, 0.3) is 0 Å². The van der Waals surface area contributed by atoms with E-state index in [1.54, 1.807) is 0 Å². The van der Waals surface area contributed by atoms with Gasteiger partial charge in [-0.05, 0) is 5.57 Å². The molecular formula is C5H6O4S. The fraction of sp³-hybridized carbons (Fsp3) is 0.400. The molecule has 0 aromatic carbocycles. The number of rotatable bonds is 1. The summed E-state index contributed by atoms with van der Waals surface area (Å²) < 4.78 is 20.9. The summed E-state index contributed by atoms with van der Waals surface area (Å²) in [7, 11) is -2.91. The zero-order valence-electron chi connectivity index (χ0n) is 5.07. The molecule has 0 amide bonds. The molecule has 0 radical (unpaired) electrons. The first kappa shape index (κ1) is 7.27. The van der Waals surface area contributed by atoms with Crippen LogP contribution in [0.4, 0.5) is 0 Å². The number of carbonyl (C=O) groups is 1. The largest absolute Gasteiger partial charge is 0.478 e. The van der Waals surface area contributed by atoms with Gasteiger partial charge in [0.25, 0.3) is 0 Å². The Morgan fingerprint density at radius 2 is 2.00 bits per heavy atom. The molecule has 1 saturated heterocycles. The van der Waals surface area contributed by atoms with Crippen LogP contribution < -0.4 is 0 Å². The first-order valence-corrected chi connectivity index (χ1v) is 4.44. The Kier molecular flexibility index (Phi) is 1.52. The van der Waals surface area contributed by atoms with Gasteiger partial charge in [0.05, 0.1) is 11.5 Å². The van der Waals surface area contributed by atoms with E-state index < -0.39 is 15.8 Å². The third-order valence-corrected chi connectivity index (χ3v) is 2.76. The van der Waals surface area contributed by atoms with Crippen molar-refractivity contribution in [3.8, 4) is 0 Å². The number of hydrogen-bond acceptors (Lipinski definition) is 3. The summed E-state index contributed by atoms with van der Waals surface area (Å²) in [6, 6.07) is 0. The molecule has 1 fully saturated rings. The smallest absolute Gasteiger partial charge is 0.328 e. The lowest BCUT2D eigenvalue weighted by atomic mass is 10.3. The highest BCUT2D eigenvalue weighted by Gasteiger charge is 2.27. The van der Waals surface area contributed by atoms with Gasteiger partial charge in [0.1, 0.15) is 0 Å². The van der Waals surface area contributed by atoms with Crippen LogP contribution in [0.1, 0.15) is 0 Å². The van der Waals surface area contributed by atoms with Gasteiger partial charge in [-0.1, -0.05) is 0 Å². The zero-order valence-corrected chi connectivity index (χ0v) is 5.89.